The number of rotatable bonds is 4. The summed E-state index contributed by atoms with van der Waals surface area (Å²) in [5, 5.41) is 2.67. The predicted octanol–water partition coefficient (Wildman–Crippen LogP) is -0.518. The molecule has 0 bridgehead atoms. The normalized spacial score (nSPS) is 19.8. The molecule has 1 saturated carbocycles. The summed E-state index contributed by atoms with van der Waals surface area (Å²) in [4.78, 5) is 49.2. The summed E-state index contributed by atoms with van der Waals surface area (Å²) in [6.07, 6.45) is 2.95. The summed E-state index contributed by atoms with van der Waals surface area (Å²) < 4.78 is 4.77. The molecule has 1 spiro atoms. The first-order valence-corrected chi connectivity index (χ1v) is 6.85. The topological polar surface area (TPSA) is 96.0 Å². The Morgan fingerprint density at radius 3 is 2.48 bits per heavy atom. The van der Waals surface area contributed by atoms with E-state index in [4.69, 9.17) is 4.74 Å². The van der Waals surface area contributed by atoms with E-state index < -0.39 is 30.7 Å². The number of carbonyl (C=O) groups is 4. The molecule has 0 atom stereocenters. The van der Waals surface area contributed by atoms with Gasteiger partial charge in [0.1, 0.15) is 12.1 Å². The summed E-state index contributed by atoms with van der Waals surface area (Å²) in [6.45, 7) is -0.867. The maximum Gasteiger partial charge on any atom is 0.326 e. The SMILES string of the molecule is CN(C)C(=O)COC(=O)CN1C(=O)NC2(CCCC2)C1=O. The van der Waals surface area contributed by atoms with E-state index in [-0.39, 0.29) is 11.8 Å². The molecule has 0 aromatic carbocycles. The van der Waals surface area contributed by atoms with Crippen molar-refractivity contribution >= 4 is 23.8 Å². The van der Waals surface area contributed by atoms with E-state index in [1.165, 1.54) is 19.0 Å². The van der Waals surface area contributed by atoms with Gasteiger partial charge in [-0.1, -0.05) is 12.8 Å². The molecule has 116 valence electrons. The highest BCUT2D eigenvalue weighted by Gasteiger charge is 2.52. The molecule has 2 aliphatic rings. The van der Waals surface area contributed by atoms with E-state index >= 15 is 0 Å². The van der Waals surface area contributed by atoms with Crippen LogP contribution in [-0.4, -0.2) is 66.4 Å². The van der Waals surface area contributed by atoms with Crippen molar-refractivity contribution in [2.75, 3.05) is 27.2 Å². The van der Waals surface area contributed by atoms with Gasteiger partial charge in [-0.05, 0) is 12.8 Å². The fraction of sp³-hybridized carbons (Fsp3) is 0.692. The second kappa shape index (κ2) is 5.71. The van der Waals surface area contributed by atoms with Crippen molar-refractivity contribution in [3.05, 3.63) is 0 Å². The summed E-state index contributed by atoms with van der Waals surface area (Å²) in [6, 6.07) is -0.571. The smallest absolute Gasteiger partial charge is 0.326 e. The van der Waals surface area contributed by atoms with E-state index in [1.54, 1.807) is 0 Å². The number of hydrogen-bond donors (Lipinski definition) is 1. The molecule has 0 unspecified atom stereocenters. The van der Waals surface area contributed by atoms with Crippen LogP contribution < -0.4 is 5.32 Å². The quantitative estimate of drug-likeness (QED) is 0.556. The third kappa shape index (κ3) is 2.98. The Kier molecular flexibility index (Phi) is 4.15. The van der Waals surface area contributed by atoms with Crippen LogP contribution in [0.25, 0.3) is 0 Å². The first-order chi connectivity index (χ1) is 9.85. The summed E-state index contributed by atoms with van der Waals surface area (Å²) >= 11 is 0. The molecular weight excluding hydrogens is 278 g/mol. The van der Waals surface area contributed by atoms with Gasteiger partial charge in [0.2, 0.25) is 0 Å². The minimum absolute atomic E-state index is 0.368. The lowest BCUT2D eigenvalue weighted by Gasteiger charge is -2.19. The molecule has 4 amide bonds. The molecule has 1 aliphatic heterocycles. The molecule has 8 heteroatoms. The van der Waals surface area contributed by atoms with Gasteiger partial charge < -0.3 is 15.0 Å². The van der Waals surface area contributed by atoms with Crippen molar-refractivity contribution in [1.29, 1.82) is 0 Å². The van der Waals surface area contributed by atoms with Crippen molar-refractivity contribution in [3.63, 3.8) is 0 Å². The monoisotopic (exact) mass is 297 g/mol. The predicted molar refractivity (Wildman–Crippen MR) is 71.1 cm³/mol. The number of ether oxygens (including phenoxy) is 1. The molecule has 0 radical (unpaired) electrons. The number of likely N-dealkylation sites (N-methyl/N-ethyl adjacent to an activating group) is 1. The number of esters is 1. The first kappa shape index (κ1) is 15.3. The second-order valence-corrected chi connectivity index (χ2v) is 5.56. The van der Waals surface area contributed by atoms with Gasteiger partial charge in [-0.15, -0.1) is 0 Å². The zero-order valence-electron chi connectivity index (χ0n) is 12.2. The largest absolute Gasteiger partial charge is 0.454 e. The van der Waals surface area contributed by atoms with Gasteiger partial charge in [-0.2, -0.15) is 0 Å². The van der Waals surface area contributed by atoms with Crippen LogP contribution in [0.2, 0.25) is 0 Å². The van der Waals surface area contributed by atoms with E-state index in [0.29, 0.717) is 12.8 Å². The maximum absolute atomic E-state index is 12.3. The number of nitrogens with zero attached hydrogens (tertiary/aromatic N) is 2. The number of nitrogens with one attached hydrogen (secondary N) is 1. The van der Waals surface area contributed by atoms with Gasteiger partial charge in [0.15, 0.2) is 6.61 Å². The van der Waals surface area contributed by atoms with Crippen LogP contribution in [0.3, 0.4) is 0 Å². The summed E-state index contributed by atoms with van der Waals surface area (Å²) in [5.74, 6) is -1.52. The lowest BCUT2D eigenvalue weighted by molar-refractivity contribution is -0.153. The first-order valence-electron chi connectivity index (χ1n) is 6.85. The van der Waals surface area contributed by atoms with Gasteiger partial charge in [0.05, 0.1) is 0 Å². The molecule has 1 aliphatic carbocycles. The van der Waals surface area contributed by atoms with Gasteiger partial charge in [-0.3, -0.25) is 19.3 Å². The molecule has 2 fully saturated rings. The van der Waals surface area contributed by atoms with Crippen LogP contribution in [-0.2, 0) is 19.1 Å². The van der Waals surface area contributed by atoms with Crippen molar-refractivity contribution < 1.29 is 23.9 Å². The van der Waals surface area contributed by atoms with Crippen LogP contribution in [0, 0.1) is 0 Å². The Labute approximate surface area is 122 Å². The van der Waals surface area contributed by atoms with E-state index in [2.05, 4.69) is 5.32 Å². The van der Waals surface area contributed by atoms with E-state index in [0.717, 1.165) is 17.7 Å². The van der Waals surface area contributed by atoms with Crippen LogP contribution in [0.4, 0.5) is 4.79 Å². The molecule has 0 aromatic heterocycles. The number of amides is 4. The average molecular weight is 297 g/mol. The lowest BCUT2D eigenvalue weighted by Crippen LogP contribution is -2.44. The molecule has 8 nitrogen and oxygen atoms in total. The van der Waals surface area contributed by atoms with Crippen molar-refractivity contribution in [2.24, 2.45) is 0 Å². The fourth-order valence-corrected chi connectivity index (χ4v) is 2.58. The lowest BCUT2D eigenvalue weighted by atomic mass is 9.98. The van der Waals surface area contributed by atoms with E-state index in [9.17, 15) is 19.2 Å². The highest BCUT2D eigenvalue weighted by molar-refractivity contribution is 6.08. The van der Waals surface area contributed by atoms with Gasteiger partial charge in [-0.25, -0.2) is 4.79 Å². The van der Waals surface area contributed by atoms with Crippen LogP contribution in [0.5, 0.6) is 0 Å². The zero-order chi connectivity index (χ0) is 15.6. The van der Waals surface area contributed by atoms with Crippen molar-refractivity contribution in [2.45, 2.75) is 31.2 Å². The van der Waals surface area contributed by atoms with Gasteiger partial charge in [0, 0.05) is 14.1 Å². The van der Waals surface area contributed by atoms with Gasteiger partial charge >= 0.3 is 12.0 Å². The van der Waals surface area contributed by atoms with Gasteiger partial charge in [0.25, 0.3) is 11.8 Å². The second-order valence-electron chi connectivity index (χ2n) is 5.56. The fourth-order valence-electron chi connectivity index (χ4n) is 2.58. The Morgan fingerprint density at radius 2 is 1.90 bits per heavy atom. The number of hydrogen-bond acceptors (Lipinski definition) is 5. The highest BCUT2D eigenvalue weighted by atomic mass is 16.5. The van der Waals surface area contributed by atoms with E-state index in [1.807, 2.05) is 0 Å². The maximum atomic E-state index is 12.3. The third-order valence-electron chi connectivity index (χ3n) is 3.85. The molecule has 0 aromatic rings. The van der Waals surface area contributed by atoms with Crippen molar-refractivity contribution in [1.82, 2.24) is 15.1 Å². The number of imide groups is 1. The molecular formula is C13H19N3O5. The molecule has 21 heavy (non-hydrogen) atoms. The number of urea groups is 1. The number of carbonyl (C=O) groups excluding carboxylic acids is 4. The molecule has 1 N–H and O–H groups in total. The Balaban J connectivity index is 1.90. The molecule has 2 rings (SSSR count). The van der Waals surface area contributed by atoms with Crippen LogP contribution in [0.1, 0.15) is 25.7 Å². The molecule has 1 saturated heterocycles. The Morgan fingerprint density at radius 1 is 1.29 bits per heavy atom. The van der Waals surface area contributed by atoms with Crippen molar-refractivity contribution in [3.8, 4) is 0 Å². The molecule has 1 heterocycles. The van der Waals surface area contributed by atoms with Crippen LogP contribution in [0.15, 0.2) is 0 Å². The highest BCUT2D eigenvalue weighted by Crippen LogP contribution is 2.34. The Bertz CT molecular complexity index is 482. The summed E-state index contributed by atoms with van der Waals surface area (Å²) in [5.41, 5.74) is -0.836. The zero-order valence-corrected chi connectivity index (χ0v) is 12.2. The average Bonchev–Trinajstić information content (AvgIpc) is 2.98. The summed E-state index contributed by atoms with van der Waals surface area (Å²) in [7, 11) is 3.08. The minimum atomic E-state index is -0.836. The standard InChI is InChI=1S/C13H19N3O5/c1-15(2)9(17)8-21-10(18)7-16-11(19)13(14-12(16)20)5-3-4-6-13/h3-8H2,1-2H3,(H,14,20). The Hall–Kier alpha value is -2.12. The van der Waals surface area contributed by atoms with Crippen LogP contribution >= 0.6 is 0 Å². The third-order valence-corrected chi connectivity index (χ3v) is 3.85. The minimum Gasteiger partial charge on any atom is -0.454 e.